The van der Waals surface area contributed by atoms with Crippen molar-refractivity contribution in [2.45, 2.75) is 31.1 Å². The van der Waals surface area contributed by atoms with Crippen LogP contribution in [0.15, 0.2) is 18.2 Å². The molecule has 3 rings (SSSR count). The fraction of sp³-hybridized carbons (Fsp3) is 0.571. The molecule has 0 amide bonds. The van der Waals surface area contributed by atoms with Crippen LogP contribution in [0.1, 0.15) is 31.2 Å². The van der Waals surface area contributed by atoms with E-state index in [-0.39, 0.29) is 0 Å². The number of rotatable bonds is 1. The molecule has 1 saturated heterocycles. The number of benzene rings is 1. The van der Waals surface area contributed by atoms with Gasteiger partial charge in [0.05, 0.1) is 10.0 Å². The Labute approximate surface area is 112 Å². The van der Waals surface area contributed by atoms with Crippen molar-refractivity contribution in [3.05, 3.63) is 33.8 Å². The van der Waals surface area contributed by atoms with Crippen LogP contribution in [-0.4, -0.2) is 13.1 Å². The molecule has 1 nitrogen and oxygen atoms in total. The highest BCUT2D eigenvalue weighted by Gasteiger charge is 2.45. The number of fused-ring (bicyclic) bond motifs is 1. The zero-order chi connectivity index (χ0) is 11.9. The quantitative estimate of drug-likeness (QED) is 0.812. The summed E-state index contributed by atoms with van der Waals surface area (Å²) in [6, 6.07) is 6.19. The minimum Gasteiger partial charge on any atom is -0.316 e. The van der Waals surface area contributed by atoms with Crippen LogP contribution in [0, 0.1) is 5.92 Å². The number of halogens is 2. The van der Waals surface area contributed by atoms with Crippen LogP contribution in [0.4, 0.5) is 0 Å². The molecule has 1 N–H and O–H groups in total. The first-order valence-corrected chi connectivity index (χ1v) is 7.14. The maximum Gasteiger partial charge on any atom is 0.0595 e. The fourth-order valence-electron chi connectivity index (χ4n) is 3.60. The molecule has 0 radical (unpaired) electrons. The molecule has 0 aromatic heterocycles. The van der Waals surface area contributed by atoms with Crippen LogP contribution in [-0.2, 0) is 5.41 Å². The second-order valence-corrected chi connectivity index (χ2v) is 6.17. The third kappa shape index (κ3) is 1.89. The monoisotopic (exact) mass is 269 g/mol. The van der Waals surface area contributed by atoms with E-state index < -0.39 is 0 Å². The molecular weight excluding hydrogens is 253 g/mol. The van der Waals surface area contributed by atoms with E-state index in [1.165, 1.54) is 31.2 Å². The molecule has 1 aliphatic heterocycles. The van der Waals surface area contributed by atoms with E-state index in [0.29, 0.717) is 15.5 Å². The number of hydrogen-bond donors (Lipinski definition) is 1. The zero-order valence-electron chi connectivity index (χ0n) is 9.81. The predicted octanol–water partition coefficient (Wildman–Crippen LogP) is 4.02. The molecule has 0 spiro atoms. The summed E-state index contributed by atoms with van der Waals surface area (Å²) in [6.45, 7) is 2.25. The highest BCUT2D eigenvalue weighted by molar-refractivity contribution is 6.42. The largest absolute Gasteiger partial charge is 0.316 e. The number of hydrogen-bond acceptors (Lipinski definition) is 1. The van der Waals surface area contributed by atoms with Crippen LogP contribution in [0.25, 0.3) is 0 Å². The van der Waals surface area contributed by atoms with Gasteiger partial charge in [-0.25, -0.2) is 0 Å². The van der Waals surface area contributed by atoms with E-state index >= 15 is 0 Å². The maximum atomic E-state index is 6.17. The number of nitrogens with one attached hydrogen (secondary N) is 1. The fourth-order valence-corrected chi connectivity index (χ4v) is 3.90. The molecule has 1 unspecified atom stereocenters. The lowest BCUT2D eigenvalue weighted by Gasteiger charge is -2.39. The molecule has 0 bridgehead atoms. The van der Waals surface area contributed by atoms with Gasteiger partial charge in [-0.15, -0.1) is 0 Å². The van der Waals surface area contributed by atoms with Crippen molar-refractivity contribution in [3.63, 3.8) is 0 Å². The van der Waals surface area contributed by atoms with E-state index in [1.54, 1.807) is 0 Å². The van der Waals surface area contributed by atoms with E-state index in [0.717, 1.165) is 19.0 Å². The Kier molecular flexibility index (Phi) is 3.10. The van der Waals surface area contributed by atoms with Crippen molar-refractivity contribution in [1.29, 1.82) is 0 Å². The average molecular weight is 270 g/mol. The molecule has 1 heterocycles. The van der Waals surface area contributed by atoms with Crippen LogP contribution >= 0.6 is 23.2 Å². The summed E-state index contributed by atoms with van der Waals surface area (Å²) in [5.74, 6) is 0.772. The standard InChI is InChI=1S/C14H17Cl2N/c15-12-5-4-10(7-13(12)16)14-6-2-1-3-11(14)8-17-9-14/h4-5,7,11,17H,1-3,6,8-9H2/t11?,14-/m1/s1. The van der Waals surface area contributed by atoms with Gasteiger partial charge in [0.25, 0.3) is 0 Å². The lowest BCUT2D eigenvalue weighted by atomic mass is 9.64. The molecule has 1 saturated carbocycles. The Morgan fingerprint density at radius 1 is 1.18 bits per heavy atom. The van der Waals surface area contributed by atoms with Gasteiger partial charge < -0.3 is 5.32 Å². The van der Waals surface area contributed by atoms with Crippen molar-refractivity contribution < 1.29 is 0 Å². The van der Waals surface area contributed by atoms with E-state index in [9.17, 15) is 0 Å². The SMILES string of the molecule is Clc1ccc([C@]23CCCCC2CNC3)cc1Cl. The molecule has 1 aromatic carbocycles. The Morgan fingerprint density at radius 3 is 2.88 bits per heavy atom. The van der Waals surface area contributed by atoms with Crippen LogP contribution in [0.3, 0.4) is 0 Å². The third-order valence-electron chi connectivity index (χ3n) is 4.53. The summed E-state index contributed by atoms with van der Waals surface area (Å²) in [7, 11) is 0. The summed E-state index contributed by atoms with van der Waals surface area (Å²) < 4.78 is 0. The summed E-state index contributed by atoms with van der Waals surface area (Å²) >= 11 is 12.2. The van der Waals surface area contributed by atoms with Gasteiger partial charge in [0.1, 0.15) is 0 Å². The van der Waals surface area contributed by atoms with Crippen molar-refractivity contribution in [3.8, 4) is 0 Å². The van der Waals surface area contributed by atoms with Gasteiger partial charge in [-0.05, 0) is 43.0 Å². The summed E-state index contributed by atoms with van der Waals surface area (Å²) in [6.07, 6.45) is 5.32. The van der Waals surface area contributed by atoms with Gasteiger partial charge in [-0.2, -0.15) is 0 Å². The minimum absolute atomic E-state index is 0.312. The predicted molar refractivity (Wildman–Crippen MR) is 73.0 cm³/mol. The van der Waals surface area contributed by atoms with Crippen LogP contribution < -0.4 is 5.32 Å². The van der Waals surface area contributed by atoms with Gasteiger partial charge in [0, 0.05) is 12.0 Å². The van der Waals surface area contributed by atoms with Gasteiger partial charge in [-0.1, -0.05) is 42.1 Å². The topological polar surface area (TPSA) is 12.0 Å². The Hall–Kier alpha value is -0.240. The van der Waals surface area contributed by atoms with Gasteiger partial charge in [0.15, 0.2) is 0 Å². The van der Waals surface area contributed by atoms with Gasteiger partial charge >= 0.3 is 0 Å². The Morgan fingerprint density at radius 2 is 2.06 bits per heavy atom. The molecule has 3 heteroatoms. The highest BCUT2D eigenvalue weighted by Crippen LogP contribution is 2.46. The van der Waals surface area contributed by atoms with Gasteiger partial charge in [-0.3, -0.25) is 0 Å². The molecule has 92 valence electrons. The smallest absolute Gasteiger partial charge is 0.0595 e. The second kappa shape index (κ2) is 4.46. The second-order valence-electron chi connectivity index (χ2n) is 5.36. The molecule has 2 atom stereocenters. The Balaban J connectivity index is 2.02. The molecular formula is C14H17Cl2N. The first-order chi connectivity index (χ1) is 8.22. The maximum absolute atomic E-state index is 6.17. The lowest BCUT2D eigenvalue weighted by molar-refractivity contribution is 0.243. The third-order valence-corrected chi connectivity index (χ3v) is 5.27. The molecule has 2 fully saturated rings. The Bertz CT molecular complexity index is 432. The van der Waals surface area contributed by atoms with E-state index in [2.05, 4.69) is 17.4 Å². The molecule has 17 heavy (non-hydrogen) atoms. The average Bonchev–Trinajstić information content (AvgIpc) is 2.77. The molecule has 2 aliphatic rings. The minimum atomic E-state index is 0.312. The van der Waals surface area contributed by atoms with E-state index in [4.69, 9.17) is 23.2 Å². The lowest BCUT2D eigenvalue weighted by Crippen LogP contribution is -2.37. The van der Waals surface area contributed by atoms with Crippen molar-refractivity contribution in [2.24, 2.45) is 5.92 Å². The van der Waals surface area contributed by atoms with Crippen molar-refractivity contribution >= 4 is 23.2 Å². The summed E-state index contributed by atoms with van der Waals surface area (Å²) in [5, 5.41) is 4.91. The first-order valence-electron chi connectivity index (χ1n) is 6.39. The van der Waals surface area contributed by atoms with Gasteiger partial charge in [0.2, 0.25) is 0 Å². The van der Waals surface area contributed by atoms with Crippen molar-refractivity contribution in [2.75, 3.05) is 13.1 Å². The van der Waals surface area contributed by atoms with Crippen LogP contribution in [0.2, 0.25) is 10.0 Å². The zero-order valence-corrected chi connectivity index (χ0v) is 11.3. The van der Waals surface area contributed by atoms with E-state index in [1.807, 2.05) is 6.07 Å². The molecule has 1 aromatic rings. The molecule has 1 aliphatic carbocycles. The van der Waals surface area contributed by atoms with Crippen LogP contribution in [0.5, 0.6) is 0 Å². The summed E-state index contributed by atoms with van der Waals surface area (Å²) in [4.78, 5) is 0. The first kappa shape index (κ1) is 11.8. The van der Waals surface area contributed by atoms with Crippen molar-refractivity contribution in [1.82, 2.24) is 5.32 Å². The highest BCUT2D eigenvalue weighted by atomic mass is 35.5. The summed E-state index contributed by atoms with van der Waals surface area (Å²) in [5.41, 5.74) is 1.69. The normalized spacial score (nSPS) is 32.5.